The lowest BCUT2D eigenvalue weighted by Crippen LogP contribution is -2.26. The first-order valence-electron chi connectivity index (χ1n) is 6.86. The molecule has 114 valence electrons. The second-order valence-corrected chi connectivity index (χ2v) is 8.74. The average Bonchev–Trinajstić information content (AvgIpc) is 2.85. The topological polar surface area (TPSA) is 44.7 Å². The molecule has 4 nitrogen and oxygen atoms in total. The van der Waals surface area contributed by atoms with Gasteiger partial charge in [0.25, 0.3) is 0 Å². The number of amides is 1. The molecular weight excluding hydrogens is 302 g/mol. The molecule has 0 radical (unpaired) electrons. The Morgan fingerprint density at radius 2 is 1.95 bits per heavy atom. The third-order valence-corrected chi connectivity index (χ3v) is 6.48. The predicted octanol–water partition coefficient (Wildman–Crippen LogP) is 2.79. The van der Waals surface area contributed by atoms with Crippen molar-refractivity contribution in [2.75, 3.05) is 30.5 Å². The van der Waals surface area contributed by atoms with E-state index in [1.54, 1.807) is 6.21 Å². The maximum absolute atomic E-state index is 11.9. The van der Waals surface area contributed by atoms with Crippen LogP contribution in [0, 0.1) is 0 Å². The summed E-state index contributed by atoms with van der Waals surface area (Å²) in [6.45, 7) is 2.12. The molecule has 1 heterocycles. The van der Waals surface area contributed by atoms with Crippen molar-refractivity contribution in [2.24, 2.45) is 5.10 Å². The first kappa shape index (κ1) is 16.2. The fourth-order valence-electron chi connectivity index (χ4n) is 2.03. The van der Waals surface area contributed by atoms with E-state index in [1.807, 2.05) is 66.8 Å². The van der Waals surface area contributed by atoms with Gasteiger partial charge in [-0.25, -0.2) is 5.43 Å². The van der Waals surface area contributed by atoms with Crippen LogP contribution in [0.1, 0.15) is 18.9 Å². The first-order chi connectivity index (χ1) is 9.98. The van der Waals surface area contributed by atoms with Gasteiger partial charge in [0, 0.05) is 31.3 Å². The van der Waals surface area contributed by atoms with Crippen LogP contribution >= 0.6 is 23.5 Å². The van der Waals surface area contributed by atoms with Crippen LogP contribution in [0.5, 0.6) is 0 Å². The number of carbonyl (C=O) groups excluding carboxylic acids is 1. The summed E-state index contributed by atoms with van der Waals surface area (Å²) >= 11 is 3.71. The van der Waals surface area contributed by atoms with Gasteiger partial charge in [-0.05, 0) is 24.6 Å². The Morgan fingerprint density at radius 1 is 1.33 bits per heavy atom. The molecule has 0 atom stereocenters. The molecule has 1 N–H and O–H groups in total. The lowest BCUT2D eigenvalue weighted by molar-refractivity contribution is -0.121. The highest BCUT2D eigenvalue weighted by Gasteiger charge is 2.32. The largest absolute Gasteiger partial charge is 0.378 e. The molecular formula is C15H21N3OS2. The Morgan fingerprint density at radius 3 is 2.52 bits per heavy atom. The molecule has 1 fully saturated rings. The van der Waals surface area contributed by atoms with Gasteiger partial charge in [0.15, 0.2) is 0 Å². The zero-order chi connectivity index (χ0) is 15.3. The smallest absolute Gasteiger partial charge is 0.242 e. The fourth-order valence-corrected chi connectivity index (χ4v) is 4.86. The Hall–Kier alpha value is -1.14. The highest BCUT2D eigenvalue weighted by Crippen LogP contribution is 2.45. The molecule has 0 bridgehead atoms. The average molecular weight is 323 g/mol. The number of nitrogens with zero attached hydrogens (tertiary/aromatic N) is 2. The third kappa shape index (κ3) is 4.97. The van der Waals surface area contributed by atoms with Gasteiger partial charge in [-0.1, -0.05) is 12.1 Å². The summed E-state index contributed by atoms with van der Waals surface area (Å²) in [5.41, 5.74) is 4.72. The summed E-state index contributed by atoms with van der Waals surface area (Å²) in [5, 5.41) is 4.03. The number of anilines is 1. The van der Waals surface area contributed by atoms with Gasteiger partial charge in [0.05, 0.1) is 16.7 Å². The molecule has 0 unspecified atom stereocenters. The molecule has 0 aliphatic carbocycles. The van der Waals surface area contributed by atoms with Crippen molar-refractivity contribution in [3.8, 4) is 0 Å². The zero-order valence-corrected chi connectivity index (χ0v) is 14.3. The molecule has 21 heavy (non-hydrogen) atoms. The number of hydrogen-bond acceptors (Lipinski definition) is 5. The van der Waals surface area contributed by atoms with Gasteiger partial charge in [-0.15, -0.1) is 23.5 Å². The van der Waals surface area contributed by atoms with Gasteiger partial charge in [-0.2, -0.15) is 5.10 Å². The van der Waals surface area contributed by atoms with E-state index in [1.165, 1.54) is 0 Å². The normalized spacial score (nSPS) is 17.1. The standard InChI is InChI=1S/C15H21N3OS2/c1-15(20-8-9-21-15)10-14(19)17-16-11-12-4-6-13(7-5-12)18(2)3/h4-7,11H,8-10H2,1-3H3,(H,17,19)/b16-11-. The number of thioether (sulfide) groups is 2. The van der Waals surface area contributed by atoms with Gasteiger partial charge in [0.2, 0.25) is 5.91 Å². The molecule has 0 aromatic heterocycles. The Kier molecular flexibility index (Phi) is 5.58. The Balaban J connectivity index is 1.82. The molecule has 0 saturated carbocycles. The maximum atomic E-state index is 11.9. The highest BCUT2D eigenvalue weighted by molar-refractivity contribution is 8.21. The summed E-state index contributed by atoms with van der Waals surface area (Å²) in [5.74, 6) is 2.21. The summed E-state index contributed by atoms with van der Waals surface area (Å²) < 4.78 is 0.00691. The minimum absolute atomic E-state index is 0.00691. The molecule has 1 amide bonds. The van der Waals surface area contributed by atoms with Gasteiger partial charge in [-0.3, -0.25) is 4.79 Å². The van der Waals surface area contributed by atoms with Crippen LogP contribution in [0.2, 0.25) is 0 Å². The third-order valence-electron chi connectivity index (χ3n) is 3.19. The summed E-state index contributed by atoms with van der Waals surface area (Å²) in [4.78, 5) is 13.9. The van der Waals surface area contributed by atoms with Crippen molar-refractivity contribution < 1.29 is 4.79 Å². The second kappa shape index (κ2) is 7.22. The van der Waals surface area contributed by atoms with Crippen LogP contribution in [0.4, 0.5) is 5.69 Å². The molecule has 6 heteroatoms. The quantitative estimate of drug-likeness (QED) is 0.668. The van der Waals surface area contributed by atoms with Crippen molar-refractivity contribution in [2.45, 2.75) is 17.4 Å². The van der Waals surface area contributed by atoms with Crippen LogP contribution in [0.25, 0.3) is 0 Å². The van der Waals surface area contributed by atoms with E-state index in [2.05, 4.69) is 17.5 Å². The van der Waals surface area contributed by atoms with Crippen LogP contribution in [0.3, 0.4) is 0 Å². The monoisotopic (exact) mass is 323 g/mol. The molecule has 2 rings (SSSR count). The number of nitrogens with one attached hydrogen (secondary N) is 1. The minimum Gasteiger partial charge on any atom is -0.378 e. The van der Waals surface area contributed by atoms with Crippen molar-refractivity contribution in [1.82, 2.24) is 5.43 Å². The lowest BCUT2D eigenvalue weighted by Gasteiger charge is -2.19. The Bertz CT molecular complexity index is 508. The minimum atomic E-state index is -0.0273. The summed E-state index contributed by atoms with van der Waals surface area (Å²) in [6.07, 6.45) is 2.17. The second-order valence-electron chi connectivity index (χ2n) is 5.29. The van der Waals surface area contributed by atoms with Crippen LogP contribution < -0.4 is 10.3 Å². The molecule has 1 saturated heterocycles. The van der Waals surface area contributed by atoms with Crippen molar-refractivity contribution in [1.29, 1.82) is 0 Å². The van der Waals surface area contributed by atoms with E-state index >= 15 is 0 Å². The first-order valence-corrected chi connectivity index (χ1v) is 8.83. The van der Waals surface area contributed by atoms with Gasteiger partial charge < -0.3 is 4.90 Å². The molecule has 0 spiro atoms. The molecule has 1 aromatic rings. The van der Waals surface area contributed by atoms with Gasteiger partial charge in [0.1, 0.15) is 0 Å². The molecule has 1 aliphatic rings. The van der Waals surface area contributed by atoms with Crippen LogP contribution in [-0.4, -0.2) is 41.8 Å². The summed E-state index contributed by atoms with van der Waals surface area (Å²) in [6, 6.07) is 8.01. The van der Waals surface area contributed by atoms with Crippen molar-refractivity contribution in [3.05, 3.63) is 29.8 Å². The predicted molar refractivity (Wildman–Crippen MR) is 94.4 cm³/mol. The van der Waals surface area contributed by atoms with E-state index in [9.17, 15) is 4.79 Å². The fraction of sp³-hybridized carbons (Fsp3) is 0.467. The lowest BCUT2D eigenvalue weighted by atomic mass is 10.2. The number of hydrazone groups is 1. The van der Waals surface area contributed by atoms with E-state index < -0.39 is 0 Å². The maximum Gasteiger partial charge on any atom is 0.242 e. The van der Waals surface area contributed by atoms with E-state index in [-0.39, 0.29) is 9.99 Å². The zero-order valence-electron chi connectivity index (χ0n) is 12.6. The van der Waals surface area contributed by atoms with Crippen LogP contribution in [0.15, 0.2) is 29.4 Å². The summed E-state index contributed by atoms with van der Waals surface area (Å²) in [7, 11) is 4.01. The number of rotatable bonds is 5. The van der Waals surface area contributed by atoms with E-state index in [0.29, 0.717) is 6.42 Å². The highest BCUT2D eigenvalue weighted by atomic mass is 32.2. The number of hydrogen-bond donors (Lipinski definition) is 1. The van der Waals surface area contributed by atoms with Gasteiger partial charge >= 0.3 is 0 Å². The Labute approximate surface area is 134 Å². The number of benzene rings is 1. The number of carbonyl (C=O) groups is 1. The SMILES string of the molecule is CN(C)c1ccc(/C=N\NC(=O)CC2(C)SCCS2)cc1. The van der Waals surface area contributed by atoms with E-state index in [4.69, 9.17) is 0 Å². The van der Waals surface area contributed by atoms with E-state index in [0.717, 1.165) is 22.8 Å². The van der Waals surface area contributed by atoms with Crippen molar-refractivity contribution in [3.63, 3.8) is 0 Å². The molecule has 1 aliphatic heterocycles. The van der Waals surface area contributed by atoms with Crippen molar-refractivity contribution >= 4 is 41.3 Å². The van der Waals surface area contributed by atoms with Crippen LogP contribution in [-0.2, 0) is 4.79 Å². The molecule has 1 aromatic carbocycles.